The maximum atomic E-state index is 12.3. The van der Waals surface area contributed by atoms with Crippen molar-refractivity contribution < 1.29 is 13.2 Å². The van der Waals surface area contributed by atoms with Gasteiger partial charge in [-0.2, -0.15) is 0 Å². The second-order valence-corrected chi connectivity index (χ2v) is 6.70. The second kappa shape index (κ2) is 4.78. The first-order valence-corrected chi connectivity index (χ1v) is 7.57. The Morgan fingerprint density at radius 2 is 2.00 bits per heavy atom. The number of rotatable bonds is 3. The minimum Gasteiger partial charge on any atom is -0.294 e. The summed E-state index contributed by atoms with van der Waals surface area (Å²) in [5, 5.41) is -0.608. The van der Waals surface area contributed by atoms with E-state index in [1.54, 1.807) is 18.2 Å². The number of ketones is 1. The molecule has 2 rings (SSSR count). The third kappa shape index (κ3) is 2.24. The number of alkyl halides is 1. The summed E-state index contributed by atoms with van der Waals surface area (Å²) in [6.07, 6.45) is 1.14. The van der Waals surface area contributed by atoms with Gasteiger partial charge in [-0.3, -0.25) is 4.79 Å². The maximum absolute atomic E-state index is 12.3. The molecular weight excluding hydrogens is 260 g/mol. The molecule has 1 aliphatic heterocycles. The van der Waals surface area contributed by atoms with E-state index in [1.807, 2.05) is 0 Å². The first-order valence-electron chi connectivity index (χ1n) is 5.49. The van der Waals surface area contributed by atoms with Crippen molar-refractivity contribution in [3.05, 3.63) is 29.8 Å². The molecule has 5 heteroatoms. The van der Waals surface area contributed by atoms with E-state index in [-0.39, 0.29) is 17.1 Å². The van der Waals surface area contributed by atoms with Gasteiger partial charge in [0.2, 0.25) is 0 Å². The van der Waals surface area contributed by atoms with E-state index in [2.05, 4.69) is 0 Å². The van der Waals surface area contributed by atoms with E-state index in [9.17, 15) is 13.2 Å². The molecule has 0 amide bonds. The van der Waals surface area contributed by atoms with Gasteiger partial charge in [0.1, 0.15) is 0 Å². The quantitative estimate of drug-likeness (QED) is 0.794. The maximum Gasteiger partial charge on any atom is 0.182 e. The third-order valence-electron chi connectivity index (χ3n) is 3.01. The number of hydrogen-bond donors (Lipinski definition) is 0. The highest BCUT2D eigenvalue weighted by atomic mass is 35.5. The summed E-state index contributed by atoms with van der Waals surface area (Å²) < 4.78 is 24.5. The lowest BCUT2D eigenvalue weighted by Crippen LogP contribution is -2.31. The fourth-order valence-corrected chi connectivity index (χ4v) is 4.23. The van der Waals surface area contributed by atoms with E-state index in [4.69, 9.17) is 11.6 Å². The van der Waals surface area contributed by atoms with Gasteiger partial charge in [-0.05, 0) is 18.9 Å². The van der Waals surface area contributed by atoms with E-state index in [0.717, 1.165) is 0 Å². The van der Waals surface area contributed by atoms with Gasteiger partial charge in [-0.1, -0.05) is 18.2 Å². The number of sulfone groups is 1. The summed E-state index contributed by atoms with van der Waals surface area (Å²) >= 11 is 5.57. The zero-order chi connectivity index (χ0) is 12.5. The van der Waals surface area contributed by atoms with E-state index in [1.165, 1.54) is 6.07 Å². The topological polar surface area (TPSA) is 51.2 Å². The Morgan fingerprint density at radius 1 is 1.29 bits per heavy atom. The number of carbonyl (C=O) groups excluding carboxylic acids is 1. The molecule has 0 radical (unpaired) electrons. The molecule has 1 aromatic rings. The van der Waals surface area contributed by atoms with Crippen molar-refractivity contribution in [1.82, 2.24) is 0 Å². The van der Waals surface area contributed by atoms with E-state index < -0.39 is 15.1 Å². The Kier molecular flexibility index (Phi) is 3.54. The standard InChI is InChI=1S/C12H13ClO3S/c13-7-3-4-9-8-11(14)10-5-1-2-6-12(10)17(9,15)16/h1-2,5-6,9H,3-4,7-8H2. The van der Waals surface area contributed by atoms with Crippen LogP contribution in [0.5, 0.6) is 0 Å². The average Bonchev–Trinajstić information content (AvgIpc) is 2.32. The lowest BCUT2D eigenvalue weighted by atomic mass is 10.0. The molecule has 1 unspecified atom stereocenters. The minimum absolute atomic E-state index is 0.0796. The number of halogens is 1. The van der Waals surface area contributed by atoms with Gasteiger partial charge in [0.15, 0.2) is 15.6 Å². The van der Waals surface area contributed by atoms with Gasteiger partial charge in [0.05, 0.1) is 10.1 Å². The molecule has 0 saturated heterocycles. The Labute approximate surface area is 106 Å². The van der Waals surface area contributed by atoms with Crippen LogP contribution in [0.1, 0.15) is 29.6 Å². The van der Waals surface area contributed by atoms with Crippen molar-refractivity contribution in [1.29, 1.82) is 0 Å². The normalized spacial score (nSPS) is 22.2. The largest absolute Gasteiger partial charge is 0.294 e. The minimum atomic E-state index is -3.37. The molecule has 0 fully saturated rings. The first-order chi connectivity index (χ1) is 8.07. The highest BCUT2D eigenvalue weighted by Crippen LogP contribution is 2.31. The Morgan fingerprint density at radius 3 is 2.71 bits per heavy atom. The molecule has 1 heterocycles. The highest BCUT2D eigenvalue weighted by Gasteiger charge is 2.37. The van der Waals surface area contributed by atoms with Crippen LogP contribution in [0.25, 0.3) is 0 Å². The van der Waals surface area contributed by atoms with Crippen LogP contribution in [0.15, 0.2) is 29.2 Å². The molecule has 0 aliphatic carbocycles. The lowest BCUT2D eigenvalue weighted by molar-refractivity contribution is 0.0973. The van der Waals surface area contributed by atoms with Crippen molar-refractivity contribution in [2.24, 2.45) is 0 Å². The Balaban J connectivity index is 2.44. The monoisotopic (exact) mass is 272 g/mol. The van der Waals surface area contributed by atoms with Gasteiger partial charge in [0, 0.05) is 17.9 Å². The smallest absolute Gasteiger partial charge is 0.182 e. The van der Waals surface area contributed by atoms with Crippen LogP contribution < -0.4 is 0 Å². The molecule has 1 aromatic carbocycles. The van der Waals surface area contributed by atoms with Crippen molar-refractivity contribution in [3.63, 3.8) is 0 Å². The third-order valence-corrected chi connectivity index (χ3v) is 5.52. The van der Waals surface area contributed by atoms with Crippen LogP contribution >= 0.6 is 11.6 Å². The molecule has 0 N–H and O–H groups in total. The number of Topliss-reactive ketones (excluding diaryl/α,β-unsaturated/α-hetero) is 1. The lowest BCUT2D eigenvalue weighted by Gasteiger charge is -2.23. The number of benzene rings is 1. The van der Waals surface area contributed by atoms with Crippen molar-refractivity contribution in [3.8, 4) is 0 Å². The predicted molar refractivity (Wildman–Crippen MR) is 66.3 cm³/mol. The van der Waals surface area contributed by atoms with E-state index in [0.29, 0.717) is 24.3 Å². The SMILES string of the molecule is O=C1CC(CCCCl)S(=O)(=O)c2ccccc21. The average molecular weight is 273 g/mol. The highest BCUT2D eigenvalue weighted by molar-refractivity contribution is 7.92. The van der Waals surface area contributed by atoms with Crippen molar-refractivity contribution in [2.75, 3.05) is 5.88 Å². The molecule has 92 valence electrons. The van der Waals surface area contributed by atoms with Crippen LogP contribution in [-0.2, 0) is 9.84 Å². The molecule has 0 spiro atoms. The van der Waals surface area contributed by atoms with E-state index >= 15 is 0 Å². The molecule has 0 aromatic heterocycles. The summed E-state index contributed by atoms with van der Waals surface area (Å²) in [5.74, 6) is 0.331. The molecule has 1 aliphatic rings. The molecule has 3 nitrogen and oxygen atoms in total. The summed E-state index contributed by atoms with van der Waals surface area (Å²) in [5.41, 5.74) is 0.328. The summed E-state index contributed by atoms with van der Waals surface area (Å²) in [6, 6.07) is 6.42. The van der Waals surface area contributed by atoms with Gasteiger partial charge in [-0.15, -0.1) is 11.6 Å². The van der Waals surface area contributed by atoms with Crippen LogP contribution in [0.4, 0.5) is 0 Å². The first kappa shape index (κ1) is 12.6. The number of fused-ring (bicyclic) bond motifs is 1. The molecule has 0 bridgehead atoms. The zero-order valence-electron chi connectivity index (χ0n) is 9.23. The predicted octanol–water partition coefficient (Wildman–Crippen LogP) is 2.43. The summed E-state index contributed by atoms with van der Waals surface area (Å²) in [4.78, 5) is 12.0. The van der Waals surface area contributed by atoms with Crippen molar-refractivity contribution in [2.45, 2.75) is 29.4 Å². The van der Waals surface area contributed by atoms with Gasteiger partial charge < -0.3 is 0 Å². The number of carbonyl (C=O) groups is 1. The molecular formula is C12H13ClO3S. The van der Waals surface area contributed by atoms with Crippen LogP contribution in [0.2, 0.25) is 0 Å². The summed E-state index contributed by atoms with van der Waals surface area (Å²) in [6.45, 7) is 0. The van der Waals surface area contributed by atoms with Gasteiger partial charge in [-0.25, -0.2) is 8.42 Å². The Hall–Kier alpha value is -0.870. The molecule has 1 atom stereocenters. The van der Waals surface area contributed by atoms with Crippen LogP contribution in [0, 0.1) is 0 Å². The van der Waals surface area contributed by atoms with Crippen LogP contribution in [-0.4, -0.2) is 25.3 Å². The zero-order valence-corrected chi connectivity index (χ0v) is 10.8. The second-order valence-electron chi connectivity index (χ2n) is 4.12. The summed E-state index contributed by atoms with van der Waals surface area (Å²) in [7, 11) is -3.37. The molecule has 17 heavy (non-hydrogen) atoms. The van der Waals surface area contributed by atoms with Crippen molar-refractivity contribution >= 4 is 27.2 Å². The fourth-order valence-electron chi connectivity index (χ4n) is 2.11. The van der Waals surface area contributed by atoms with Gasteiger partial charge in [0.25, 0.3) is 0 Å². The number of hydrogen-bond acceptors (Lipinski definition) is 3. The Bertz CT molecular complexity index is 536. The van der Waals surface area contributed by atoms with Gasteiger partial charge >= 0.3 is 0 Å². The molecule has 0 saturated carbocycles. The fraction of sp³-hybridized carbons (Fsp3) is 0.417. The van der Waals surface area contributed by atoms with Crippen LogP contribution in [0.3, 0.4) is 0 Å².